The number of carboxylic acids is 1. The van der Waals surface area contributed by atoms with Crippen LogP contribution < -0.4 is 0 Å². The standard InChI is InChI=1S/C14H27NO2/c1-10(2)9-14(5,13(16)17)15-7-6-11(3)8-12(15)4/h10-12H,6-9H2,1-5H3,(H,16,17). The van der Waals surface area contributed by atoms with Gasteiger partial charge in [0.2, 0.25) is 0 Å². The maximum atomic E-state index is 11.6. The van der Waals surface area contributed by atoms with Gasteiger partial charge in [-0.2, -0.15) is 0 Å². The molecule has 0 saturated carbocycles. The van der Waals surface area contributed by atoms with Gasteiger partial charge in [-0.15, -0.1) is 0 Å². The topological polar surface area (TPSA) is 40.5 Å². The first-order valence-corrected chi connectivity index (χ1v) is 6.77. The van der Waals surface area contributed by atoms with Crippen molar-refractivity contribution in [2.75, 3.05) is 6.54 Å². The minimum absolute atomic E-state index is 0.374. The van der Waals surface area contributed by atoms with Gasteiger partial charge in [0, 0.05) is 6.04 Å². The minimum atomic E-state index is -0.701. The molecule has 1 rings (SSSR count). The molecule has 0 aromatic rings. The molecule has 0 bridgehead atoms. The lowest BCUT2D eigenvalue weighted by Crippen LogP contribution is -2.58. The molecule has 1 heterocycles. The summed E-state index contributed by atoms with van der Waals surface area (Å²) in [6, 6.07) is 0.374. The number of carbonyl (C=O) groups is 1. The van der Waals surface area contributed by atoms with Crippen LogP contribution in [-0.4, -0.2) is 34.1 Å². The number of rotatable bonds is 4. The predicted molar refractivity (Wildman–Crippen MR) is 70.1 cm³/mol. The van der Waals surface area contributed by atoms with Crippen molar-refractivity contribution in [3.63, 3.8) is 0 Å². The summed E-state index contributed by atoms with van der Waals surface area (Å²) in [6.45, 7) is 11.4. The summed E-state index contributed by atoms with van der Waals surface area (Å²) in [7, 11) is 0. The predicted octanol–water partition coefficient (Wildman–Crippen LogP) is 3.00. The highest BCUT2D eigenvalue weighted by atomic mass is 16.4. The van der Waals surface area contributed by atoms with Gasteiger partial charge in [-0.25, -0.2) is 0 Å². The molecule has 3 atom stereocenters. The Balaban J connectivity index is 2.87. The van der Waals surface area contributed by atoms with Crippen LogP contribution in [0.4, 0.5) is 0 Å². The highest BCUT2D eigenvalue weighted by Crippen LogP contribution is 2.33. The van der Waals surface area contributed by atoms with E-state index in [0.717, 1.165) is 31.7 Å². The molecule has 1 aliphatic rings. The van der Waals surface area contributed by atoms with Gasteiger partial charge in [0.05, 0.1) is 0 Å². The van der Waals surface area contributed by atoms with E-state index in [1.54, 1.807) is 0 Å². The molecule has 1 aliphatic heterocycles. The van der Waals surface area contributed by atoms with Gasteiger partial charge in [-0.1, -0.05) is 20.8 Å². The molecule has 0 radical (unpaired) electrons. The Hall–Kier alpha value is -0.570. The van der Waals surface area contributed by atoms with Crippen LogP contribution in [0.5, 0.6) is 0 Å². The molecule has 100 valence electrons. The van der Waals surface area contributed by atoms with E-state index in [2.05, 4.69) is 32.6 Å². The Morgan fingerprint density at radius 2 is 2.06 bits per heavy atom. The maximum Gasteiger partial charge on any atom is 0.323 e. The Morgan fingerprint density at radius 1 is 1.47 bits per heavy atom. The van der Waals surface area contributed by atoms with Crippen molar-refractivity contribution in [2.24, 2.45) is 11.8 Å². The minimum Gasteiger partial charge on any atom is -0.480 e. The van der Waals surface area contributed by atoms with Gasteiger partial charge < -0.3 is 5.11 Å². The largest absolute Gasteiger partial charge is 0.480 e. The third-order valence-corrected chi connectivity index (χ3v) is 4.04. The van der Waals surface area contributed by atoms with Crippen LogP contribution in [0.1, 0.15) is 53.9 Å². The molecule has 17 heavy (non-hydrogen) atoms. The monoisotopic (exact) mass is 241 g/mol. The molecule has 0 aromatic carbocycles. The highest BCUT2D eigenvalue weighted by molar-refractivity contribution is 5.78. The number of nitrogens with zero attached hydrogens (tertiary/aromatic N) is 1. The summed E-state index contributed by atoms with van der Waals surface area (Å²) in [4.78, 5) is 13.8. The van der Waals surface area contributed by atoms with E-state index < -0.39 is 11.5 Å². The van der Waals surface area contributed by atoms with Crippen molar-refractivity contribution in [1.29, 1.82) is 0 Å². The number of aliphatic carboxylic acids is 1. The molecular formula is C14H27NO2. The van der Waals surface area contributed by atoms with Crippen LogP contribution in [0.15, 0.2) is 0 Å². The van der Waals surface area contributed by atoms with E-state index in [4.69, 9.17) is 0 Å². The first kappa shape index (κ1) is 14.5. The lowest BCUT2D eigenvalue weighted by Gasteiger charge is -2.46. The van der Waals surface area contributed by atoms with Gasteiger partial charge in [0.1, 0.15) is 5.54 Å². The van der Waals surface area contributed by atoms with Crippen LogP contribution in [0.25, 0.3) is 0 Å². The van der Waals surface area contributed by atoms with E-state index in [1.165, 1.54) is 0 Å². The van der Waals surface area contributed by atoms with Crippen LogP contribution in [0.3, 0.4) is 0 Å². The van der Waals surface area contributed by atoms with Crippen LogP contribution in [-0.2, 0) is 4.79 Å². The van der Waals surface area contributed by atoms with Crippen molar-refractivity contribution in [3.05, 3.63) is 0 Å². The summed E-state index contributed by atoms with van der Waals surface area (Å²) in [5, 5.41) is 9.58. The number of hydrogen-bond donors (Lipinski definition) is 1. The summed E-state index contributed by atoms with van der Waals surface area (Å²) in [5.41, 5.74) is -0.701. The van der Waals surface area contributed by atoms with Crippen molar-refractivity contribution >= 4 is 5.97 Å². The van der Waals surface area contributed by atoms with Gasteiger partial charge in [-0.3, -0.25) is 9.69 Å². The SMILES string of the molecule is CC(C)CC(C)(C(=O)O)N1CCC(C)CC1C. The third-order valence-electron chi connectivity index (χ3n) is 4.04. The van der Waals surface area contributed by atoms with Crippen molar-refractivity contribution in [3.8, 4) is 0 Å². The summed E-state index contributed by atoms with van der Waals surface area (Å²) < 4.78 is 0. The third kappa shape index (κ3) is 3.21. The Labute approximate surface area is 105 Å². The molecule has 3 heteroatoms. The van der Waals surface area contributed by atoms with Gasteiger partial charge >= 0.3 is 5.97 Å². The Bertz CT molecular complexity index is 277. The number of piperidine rings is 1. The fourth-order valence-corrected chi connectivity index (χ4v) is 3.26. The second-order valence-electron chi connectivity index (χ2n) is 6.35. The second kappa shape index (κ2) is 5.38. The molecule has 0 aromatic heterocycles. The Kier molecular flexibility index (Phi) is 4.59. The smallest absolute Gasteiger partial charge is 0.323 e. The lowest BCUT2D eigenvalue weighted by molar-refractivity contribution is -0.155. The number of carboxylic acid groups (broad SMARTS) is 1. The van der Waals surface area contributed by atoms with Gasteiger partial charge in [0.15, 0.2) is 0 Å². The maximum absolute atomic E-state index is 11.6. The van der Waals surface area contributed by atoms with E-state index in [9.17, 15) is 9.90 Å². The summed E-state index contributed by atoms with van der Waals surface area (Å²) in [6.07, 6.45) is 2.95. The molecule has 0 aliphatic carbocycles. The Morgan fingerprint density at radius 3 is 2.47 bits per heavy atom. The molecule has 3 nitrogen and oxygen atoms in total. The van der Waals surface area contributed by atoms with Gasteiger partial charge in [0.25, 0.3) is 0 Å². The van der Waals surface area contributed by atoms with Gasteiger partial charge in [-0.05, 0) is 51.5 Å². The molecule has 3 unspecified atom stereocenters. The molecule has 0 spiro atoms. The zero-order chi connectivity index (χ0) is 13.2. The van der Waals surface area contributed by atoms with E-state index in [0.29, 0.717) is 12.0 Å². The molecule has 1 N–H and O–H groups in total. The second-order valence-corrected chi connectivity index (χ2v) is 6.35. The zero-order valence-corrected chi connectivity index (χ0v) is 11.9. The molecule has 0 amide bonds. The lowest BCUT2D eigenvalue weighted by atomic mass is 9.83. The van der Waals surface area contributed by atoms with Crippen molar-refractivity contribution < 1.29 is 9.90 Å². The van der Waals surface area contributed by atoms with Crippen molar-refractivity contribution in [1.82, 2.24) is 4.90 Å². The fraction of sp³-hybridized carbons (Fsp3) is 0.929. The van der Waals surface area contributed by atoms with Crippen molar-refractivity contribution in [2.45, 2.75) is 65.5 Å². The zero-order valence-electron chi connectivity index (χ0n) is 11.9. The van der Waals surface area contributed by atoms with E-state index >= 15 is 0 Å². The molecular weight excluding hydrogens is 214 g/mol. The first-order chi connectivity index (χ1) is 7.77. The number of hydrogen-bond acceptors (Lipinski definition) is 2. The normalized spacial score (nSPS) is 30.2. The quantitative estimate of drug-likeness (QED) is 0.822. The average molecular weight is 241 g/mol. The molecule has 1 fully saturated rings. The fourth-order valence-electron chi connectivity index (χ4n) is 3.26. The van der Waals surface area contributed by atoms with Crippen LogP contribution in [0.2, 0.25) is 0 Å². The van der Waals surface area contributed by atoms with E-state index in [1.807, 2.05) is 6.92 Å². The summed E-state index contributed by atoms with van der Waals surface area (Å²) >= 11 is 0. The highest BCUT2D eigenvalue weighted by Gasteiger charge is 2.43. The van der Waals surface area contributed by atoms with Crippen LogP contribution >= 0.6 is 0 Å². The number of likely N-dealkylation sites (tertiary alicyclic amines) is 1. The average Bonchev–Trinajstić information content (AvgIpc) is 2.15. The summed E-state index contributed by atoms with van der Waals surface area (Å²) in [5.74, 6) is 0.452. The van der Waals surface area contributed by atoms with Crippen LogP contribution in [0, 0.1) is 11.8 Å². The first-order valence-electron chi connectivity index (χ1n) is 6.77. The molecule has 1 saturated heterocycles. The van der Waals surface area contributed by atoms with E-state index in [-0.39, 0.29) is 0 Å².